The van der Waals surface area contributed by atoms with Crippen LogP contribution in [-0.2, 0) is 0 Å². The molecule has 0 radical (unpaired) electrons. The Morgan fingerprint density at radius 3 is 2.75 bits per heavy atom. The molecule has 0 saturated heterocycles. The first-order chi connectivity index (χ1) is 9.72. The number of aromatic nitrogens is 3. The van der Waals surface area contributed by atoms with E-state index in [4.69, 9.17) is 16.3 Å². The fourth-order valence-corrected chi connectivity index (χ4v) is 2.43. The van der Waals surface area contributed by atoms with Gasteiger partial charge in [-0.2, -0.15) is 15.0 Å². The van der Waals surface area contributed by atoms with Gasteiger partial charge in [-0.15, -0.1) is 0 Å². The van der Waals surface area contributed by atoms with Gasteiger partial charge in [-0.1, -0.05) is 30.7 Å². The van der Waals surface area contributed by atoms with Crippen molar-refractivity contribution in [3.05, 3.63) is 29.3 Å². The number of halogens is 1. The van der Waals surface area contributed by atoms with Gasteiger partial charge in [-0.3, -0.25) is 0 Å². The molecule has 7 heteroatoms. The number of anilines is 1. The molecule has 0 atom stereocenters. The van der Waals surface area contributed by atoms with E-state index in [1.54, 1.807) is 0 Å². The van der Waals surface area contributed by atoms with Crippen molar-refractivity contribution in [1.29, 1.82) is 0 Å². The third kappa shape index (κ3) is 3.98. The number of ether oxygens (including phenoxy) is 1. The van der Waals surface area contributed by atoms with Crippen molar-refractivity contribution >= 4 is 29.3 Å². The van der Waals surface area contributed by atoms with Crippen LogP contribution in [0.1, 0.15) is 13.3 Å². The van der Waals surface area contributed by atoms with Gasteiger partial charge in [0.15, 0.2) is 0 Å². The Morgan fingerprint density at radius 1 is 1.25 bits per heavy atom. The number of rotatable bonds is 6. The molecule has 0 unspecified atom stereocenters. The van der Waals surface area contributed by atoms with E-state index < -0.39 is 0 Å². The van der Waals surface area contributed by atoms with Gasteiger partial charge >= 0.3 is 6.01 Å². The highest BCUT2D eigenvalue weighted by Crippen LogP contribution is 2.31. The second kappa shape index (κ2) is 7.31. The molecule has 0 aliphatic heterocycles. The highest BCUT2D eigenvalue weighted by Gasteiger charge is 2.09. The van der Waals surface area contributed by atoms with Crippen LogP contribution in [0.4, 0.5) is 5.95 Å². The number of benzene rings is 1. The van der Waals surface area contributed by atoms with E-state index in [9.17, 15) is 0 Å². The first-order valence-corrected chi connectivity index (χ1v) is 7.38. The van der Waals surface area contributed by atoms with Gasteiger partial charge < -0.3 is 10.1 Å². The van der Waals surface area contributed by atoms with Crippen molar-refractivity contribution in [1.82, 2.24) is 15.0 Å². The summed E-state index contributed by atoms with van der Waals surface area (Å²) in [7, 11) is 1.53. The molecule has 1 heterocycles. The molecular weight excluding hydrogens is 296 g/mol. The van der Waals surface area contributed by atoms with Crippen molar-refractivity contribution < 1.29 is 4.74 Å². The Hall–Kier alpha value is -1.53. The average molecular weight is 311 g/mol. The predicted molar refractivity (Wildman–Crippen MR) is 80.7 cm³/mol. The molecule has 0 aliphatic carbocycles. The van der Waals surface area contributed by atoms with E-state index >= 15 is 0 Å². The van der Waals surface area contributed by atoms with Crippen LogP contribution in [0.15, 0.2) is 34.3 Å². The van der Waals surface area contributed by atoms with Crippen LogP contribution in [0.25, 0.3) is 0 Å². The van der Waals surface area contributed by atoms with Crippen molar-refractivity contribution in [2.45, 2.75) is 23.4 Å². The minimum Gasteiger partial charge on any atom is -0.467 e. The lowest BCUT2D eigenvalue weighted by Crippen LogP contribution is -2.07. The molecule has 0 amide bonds. The SMILES string of the molecule is CCCNc1nc(OC)nc(Sc2ccccc2Cl)n1. The minimum absolute atomic E-state index is 0.285. The number of nitrogens with zero attached hydrogens (tertiary/aromatic N) is 3. The van der Waals surface area contributed by atoms with Crippen LogP contribution in [0.3, 0.4) is 0 Å². The fraction of sp³-hybridized carbons (Fsp3) is 0.308. The lowest BCUT2D eigenvalue weighted by atomic mass is 10.4. The fourth-order valence-electron chi connectivity index (χ4n) is 1.42. The number of hydrogen-bond acceptors (Lipinski definition) is 6. The van der Waals surface area contributed by atoms with Gasteiger partial charge in [0.2, 0.25) is 11.1 Å². The van der Waals surface area contributed by atoms with E-state index in [-0.39, 0.29) is 6.01 Å². The summed E-state index contributed by atoms with van der Waals surface area (Å²) in [6, 6.07) is 7.84. The van der Waals surface area contributed by atoms with Crippen LogP contribution in [0.2, 0.25) is 5.02 Å². The summed E-state index contributed by atoms with van der Waals surface area (Å²) in [6.45, 7) is 2.87. The zero-order valence-electron chi connectivity index (χ0n) is 11.3. The largest absolute Gasteiger partial charge is 0.467 e. The first-order valence-electron chi connectivity index (χ1n) is 6.19. The zero-order valence-corrected chi connectivity index (χ0v) is 12.8. The lowest BCUT2D eigenvalue weighted by Gasteiger charge is -2.07. The number of methoxy groups -OCH3 is 1. The van der Waals surface area contributed by atoms with Crippen LogP contribution in [0, 0.1) is 0 Å². The van der Waals surface area contributed by atoms with E-state index in [1.807, 2.05) is 24.3 Å². The van der Waals surface area contributed by atoms with E-state index in [2.05, 4.69) is 27.2 Å². The quantitative estimate of drug-likeness (QED) is 0.881. The highest BCUT2D eigenvalue weighted by molar-refractivity contribution is 7.99. The molecule has 106 valence electrons. The van der Waals surface area contributed by atoms with Crippen LogP contribution in [0.5, 0.6) is 6.01 Å². The standard InChI is InChI=1S/C13H15ClN4OS/c1-3-8-15-11-16-12(19-2)18-13(17-11)20-10-7-5-4-6-9(10)14/h4-7H,3,8H2,1-2H3,(H,15,16,17,18). The highest BCUT2D eigenvalue weighted by atomic mass is 35.5. The Labute approximate surface area is 127 Å². The molecule has 0 saturated carbocycles. The Morgan fingerprint density at radius 2 is 2.05 bits per heavy atom. The molecule has 2 rings (SSSR count). The van der Waals surface area contributed by atoms with E-state index in [0.717, 1.165) is 17.9 Å². The Bertz CT molecular complexity index is 582. The summed E-state index contributed by atoms with van der Waals surface area (Å²) in [5, 5.41) is 4.33. The van der Waals surface area contributed by atoms with E-state index in [0.29, 0.717) is 16.1 Å². The normalized spacial score (nSPS) is 10.3. The van der Waals surface area contributed by atoms with Gasteiger partial charge in [0.1, 0.15) is 0 Å². The van der Waals surface area contributed by atoms with Gasteiger partial charge in [0, 0.05) is 11.4 Å². The van der Waals surface area contributed by atoms with Gasteiger partial charge in [0.05, 0.1) is 12.1 Å². The van der Waals surface area contributed by atoms with Crippen molar-refractivity contribution in [2.24, 2.45) is 0 Å². The molecule has 1 N–H and O–H groups in total. The third-order valence-electron chi connectivity index (χ3n) is 2.35. The zero-order chi connectivity index (χ0) is 14.4. The average Bonchev–Trinajstić information content (AvgIpc) is 2.47. The summed E-state index contributed by atoms with van der Waals surface area (Å²) >= 11 is 7.51. The minimum atomic E-state index is 0.285. The second-order valence-corrected chi connectivity index (χ2v) is 5.30. The summed E-state index contributed by atoms with van der Waals surface area (Å²) in [4.78, 5) is 13.6. The first kappa shape index (κ1) is 14.9. The molecule has 20 heavy (non-hydrogen) atoms. The predicted octanol–water partition coefficient (Wildman–Crippen LogP) is 3.51. The summed E-state index contributed by atoms with van der Waals surface area (Å²) in [5.41, 5.74) is 0. The smallest absolute Gasteiger partial charge is 0.321 e. The van der Waals surface area contributed by atoms with Crippen molar-refractivity contribution in [2.75, 3.05) is 19.0 Å². The molecule has 1 aromatic carbocycles. The third-order valence-corrected chi connectivity index (χ3v) is 3.73. The molecule has 0 bridgehead atoms. The summed E-state index contributed by atoms with van der Waals surface area (Å²) in [5.74, 6) is 0.508. The van der Waals surface area contributed by atoms with Crippen LogP contribution < -0.4 is 10.1 Å². The molecule has 0 spiro atoms. The lowest BCUT2D eigenvalue weighted by molar-refractivity contribution is 0.373. The monoisotopic (exact) mass is 310 g/mol. The molecule has 0 fully saturated rings. The van der Waals surface area contributed by atoms with Crippen LogP contribution in [-0.4, -0.2) is 28.6 Å². The van der Waals surface area contributed by atoms with Crippen molar-refractivity contribution in [3.8, 4) is 6.01 Å². The molecule has 1 aromatic heterocycles. The molecule has 2 aromatic rings. The van der Waals surface area contributed by atoms with Gasteiger partial charge in [0.25, 0.3) is 0 Å². The Kier molecular flexibility index (Phi) is 5.43. The van der Waals surface area contributed by atoms with Gasteiger partial charge in [-0.25, -0.2) is 0 Å². The topological polar surface area (TPSA) is 59.9 Å². The maximum Gasteiger partial charge on any atom is 0.321 e. The maximum absolute atomic E-state index is 6.13. The number of nitrogens with one attached hydrogen (secondary N) is 1. The van der Waals surface area contributed by atoms with Crippen molar-refractivity contribution in [3.63, 3.8) is 0 Å². The molecule has 5 nitrogen and oxygen atoms in total. The molecular formula is C13H15ClN4OS. The van der Waals surface area contributed by atoms with E-state index in [1.165, 1.54) is 18.9 Å². The molecule has 0 aliphatic rings. The summed E-state index contributed by atoms with van der Waals surface area (Å²) in [6.07, 6.45) is 0.987. The van der Waals surface area contributed by atoms with Crippen LogP contribution >= 0.6 is 23.4 Å². The number of hydrogen-bond donors (Lipinski definition) is 1. The maximum atomic E-state index is 6.13. The summed E-state index contributed by atoms with van der Waals surface area (Å²) < 4.78 is 5.09. The second-order valence-electron chi connectivity index (χ2n) is 3.89. The Balaban J connectivity index is 2.24. The van der Waals surface area contributed by atoms with Gasteiger partial charge in [-0.05, 0) is 30.3 Å².